The van der Waals surface area contributed by atoms with E-state index < -0.39 is 0 Å². The molecule has 0 unspecified atom stereocenters. The number of benzene rings is 2. The molecule has 0 aliphatic rings. The number of hydrogen-bond donors (Lipinski definition) is 1. The zero-order chi connectivity index (χ0) is 16.3. The number of ether oxygens (including phenoxy) is 1. The van der Waals surface area contributed by atoms with Crippen molar-refractivity contribution in [3.63, 3.8) is 0 Å². The highest BCUT2D eigenvalue weighted by Crippen LogP contribution is 2.18. The first-order chi connectivity index (χ1) is 11.3. The number of anilines is 1. The Hall–Kier alpha value is -1.67. The maximum Gasteiger partial charge on any atom is 0.119 e. The van der Waals surface area contributed by atoms with Gasteiger partial charge in [-0.25, -0.2) is 0 Å². The van der Waals surface area contributed by atoms with Crippen LogP contribution < -0.4 is 10.1 Å². The molecule has 0 aliphatic heterocycles. The van der Waals surface area contributed by atoms with Crippen LogP contribution in [0.15, 0.2) is 48.5 Å². The first-order valence-electron chi connectivity index (χ1n) is 8.49. The van der Waals surface area contributed by atoms with Gasteiger partial charge in [0, 0.05) is 17.3 Å². The molecule has 0 saturated heterocycles. The van der Waals surface area contributed by atoms with Gasteiger partial charge in [0.2, 0.25) is 0 Å². The van der Waals surface area contributed by atoms with Crippen LogP contribution in [0.2, 0.25) is 5.02 Å². The Bertz CT molecular complexity index is 568. The van der Waals surface area contributed by atoms with Gasteiger partial charge in [-0.3, -0.25) is 0 Å². The molecule has 124 valence electrons. The van der Waals surface area contributed by atoms with Crippen molar-refractivity contribution in [1.29, 1.82) is 0 Å². The number of halogens is 1. The summed E-state index contributed by atoms with van der Waals surface area (Å²) in [5.74, 6) is 0.939. The van der Waals surface area contributed by atoms with E-state index in [1.807, 2.05) is 30.3 Å². The molecule has 0 heterocycles. The van der Waals surface area contributed by atoms with Gasteiger partial charge in [-0.15, -0.1) is 0 Å². The largest absolute Gasteiger partial charge is 0.494 e. The van der Waals surface area contributed by atoms with E-state index in [0.29, 0.717) is 0 Å². The predicted octanol–water partition coefficient (Wildman–Crippen LogP) is 6.30. The number of nitrogens with one attached hydrogen (secondary N) is 1. The van der Waals surface area contributed by atoms with Gasteiger partial charge < -0.3 is 10.1 Å². The summed E-state index contributed by atoms with van der Waals surface area (Å²) in [6, 6.07) is 16.0. The second-order valence-electron chi connectivity index (χ2n) is 5.77. The molecule has 2 nitrogen and oxygen atoms in total. The molecule has 2 aromatic carbocycles. The van der Waals surface area contributed by atoms with Gasteiger partial charge in [-0.1, -0.05) is 56.3 Å². The van der Waals surface area contributed by atoms with Gasteiger partial charge in [0.25, 0.3) is 0 Å². The van der Waals surface area contributed by atoms with E-state index in [-0.39, 0.29) is 0 Å². The maximum atomic E-state index is 5.99. The van der Waals surface area contributed by atoms with Crippen molar-refractivity contribution in [2.75, 3.05) is 11.9 Å². The molecule has 0 amide bonds. The monoisotopic (exact) mass is 331 g/mol. The topological polar surface area (TPSA) is 21.3 Å². The maximum absolute atomic E-state index is 5.99. The first-order valence-corrected chi connectivity index (χ1v) is 8.87. The predicted molar refractivity (Wildman–Crippen MR) is 99.5 cm³/mol. The van der Waals surface area contributed by atoms with Crippen LogP contribution in [0.1, 0.15) is 44.6 Å². The average Bonchev–Trinajstić information content (AvgIpc) is 2.57. The zero-order valence-corrected chi connectivity index (χ0v) is 14.6. The third kappa shape index (κ3) is 6.96. The molecular formula is C20H26ClNO. The summed E-state index contributed by atoms with van der Waals surface area (Å²) < 4.78 is 5.77. The molecule has 3 heteroatoms. The second kappa shape index (κ2) is 10.2. The highest BCUT2D eigenvalue weighted by molar-refractivity contribution is 6.30. The third-order valence-electron chi connectivity index (χ3n) is 3.76. The summed E-state index contributed by atoms with van der Waals surface area (Å²) in [7, 11) is 0. The molecule has 0 spiro atoms. The molecule has 2 rings (SSSR count). The molecule has 0 fully saturated rings. The fourth-order valence-electron chi connectivity index (χ4n) is 2.42. The quantitative estimate of drug-likeness (QED) is 0.516. The Morgan fingerprint density at radius 1 is 0.957 bits per heavy atom. The lowest BCUT2D eigenvalue weighted by Crippen LogP contribution is -2.00. The number of unbranched alkanes of at least 4 members (excludes halogenated alkanes) is 4. The Morgan fingerprint density at radius 2 is 1.74 bits per heavy atom. The zero-order valence-electron chi connectivity index (χ0n) is 13.9. The van der Waals surface area contributed by atoms with Crippen LogP contribution in [0.5, 0.6) is 5.75 Å². The summed E-state index contributed by atoms with van der Waals surface area (Å²) in [5, 5.41) is 4.16. The van der Waals surface area contributed by atoms with Gasteiger partial charge in [-0.05, 0) is 48.4 Å². The fraction of sp³-hybridized carbons (Fsp3) is 0.400. The Balaban J connectivity index is 1.70. The highest BCUT2D eigenvalue weighted by Gasteiger charge is 1.98. The molecule has 0 aromatic heterocycles. The highest BCUT2D eigenvalue weighted by atomic mass is 35.5. The van der Waals surface area contributed by atoms with Crippen LogP contribution in [0.4, 0.5) is 5.69 Å². The van der Waals surface area contributed by atoms with Gasteiger partial charge in [0.15, 0.2) is 0 Å². The van der Waals surface area contributed by atoms with Crippen molar-refractivity contribution < 1.29 is 4.74 Å². The van der Waals surface area contributed by atoms with E-state index in [1.54, 1.807) is 0 Å². The number of rotatable bonds is 10. The lowest BCUT2D eigenvalue weighted by atomic mass is 10.2. The smallest absolute Gasteiger partial charge is 0.119 e. The Kier molecular flexibility index (Phi) is 7.82. The molecule has 0 atom stereocenters. The minimum atomic E-state index is 0.762. The molecule has 23 heavy (non-hydrogen) atoms. The number of hydrogen-bond acceptors (Lipinski definition) is 2. The lowest BCUT2D eigenvalue weighted by Gasteiger charge is -2.09. The van der Waals surface area contributed by atoms with Gasteiger partial charge in [-0.2, -0.15) is 0 Å². The third-order valence-corrected chi connectivity index (χ3v) is 3.99. The van der Waals surface area contributed by atoms with Crippen LogP contribution in [-0.2, 0) is 6.54 Å². The Labute approximate surface area is 144 Å². The van der Waals surface area contributed by atoms with E-state index >= 15 is 0 Å². The van der Waals surface area contributed by atoms with Crippen LogP contribution in [0, 0.1) is 0 Å². The fourth-order valence-corrected chi connectivity index (χ4v) is 2.63. The van der Waals surface area contributed by atoms with E-state index in [2.05, 4.69) is 30.4 Å². The summed E-state index contributed by atoms with van der Waals surface area (Å²) >= 11 is 5.99. The van der Waals surface area contributed by atoms with Crippen LogP contribution >= 0.6 is 11.6 Å². The van der Waals surface area contributed by atoms with E-state index in [4.69, 9.17) is 16.3 Å². The van der Waals surface area contributed by atoms with Crippen LogP contribution in [-0.4, -0.2) is 6.61 Å². The van der Waals surface area contributed by atoms with Crippen molar-refractivity contribution in [3.05, 3.63) is 59.1 Å². The van der Waals surface area contributed by atoms with Crippen LogP contribution in [0.3, 0.4) is 0 Å². The summed E-state index contributed by atoms with van der Waals surface area (Å²) in [6.45, 7) is 3.80. The SMILES string of the molecule is CCCCCCCOc1ccc(NCc2cccc(Cl)c2)cc1. The molecule has 0 saturated carbocycles. The normalized spacial score (nSPS) is 10.5. The molecular weight excluding hydrogens is 306 g/mol. The molecule has 0 aliphatic carbocycles. The summed E-state index contributed by atoms with van der Waals surface area (Å²) in [5.41, 5.74) is 2.25. The van der Waals surface area contributed by atoms with Crippen molar-refractivity contribution in [2.45, 2.75) is 45.6 Å². The van der Waals surface area contributed by atoms with E-state index in [1.165, 1.54) is 31.2 Å². The van der Waals surface area contributed by atoms with Crippen molar-refractivity contribution in [3.8, 4) is 5.75 Å². The van der Waals surface area contributed by atoms with Crippen molar-refractivity contribution in [2.24, 2.45) is 0 Å². The summed E-state index contributed by atoms with van der Waals surface area (Å²) in [4.78, 5) is 0. The van der Waals surface area contributed by atoms with E-state index in [9.17, 15) is 0 Å². The minimum Gasteiger partial charge on any atom is -0.494 e. The lowest BCUT2D eigenvalue weighted by molar-refractivity contribution is 0.304. The molecule has 0 bridgehead atoms. The standard InChI is InChI=1S/C20H26ClNO/c1-2-3-4-5-6-14-23-20-12-10-19(11-13-20)22-16-17-8-7-9-18(21)15-17/h7-13,15,22H,2-6,14,16H2,1H3. The van der Waals surface area contributed by atoms with Gasteiger partial charge in [0.1, 0.15) is 5.75 Å². The average molecular weight is 332 g/mol. The Morgan fingerprint density at radius 3 is 2.48 bits per heavy atom. The van der Waals surface area contributed by atoms with Gasteiger partial charge >= 0.3 is 0 Å². The molecule has 0 radical (unpaired) electrons. The second-order valence-corrected chi connectivity index (χ2v) is 6.21. The van der Waals surface area contributed by atoms with Crippen molar-refractivity contribution in [1.82, 2.24) is 0 Å². The van der Waals surface area contributed by atoms with Crippen LogP contribution in [0.25, 0.3) is 0 Å². The first kappa shape index (κ1) is 17.7. The van der Waals surface area contributed by atoms with E-state index in [0.717, 1.165) is 36.0 Å². The molecule has 1 N–H and O–H groups in total. The minimum absolute atomic E-state index is 0.762. The van der Waals surface area contributed by atoms with Crippen molar-refractivity contribution >= 4 is 17.3 Å². The summed E-state index contributed by atoms with van der Waals surface area (Å²) in [6.07, 6.45) is 6.31. The van der Waals surface area contributed by atoms with Gasteiger partial charge in [0.05, 0.1) is 6.61 Å². The molecule has 2 aromatic rings.